The van der Waals surface area contributed by atoms with Gasteiger partial charge >= 0.3 is 0 Å². The Morgan fingerprint density at radius 2 is 1.43 bits per heavy atom. The third kappa shape index (κ3) is 8.55. The number of hydrogen-bond donors (Lipinski definition) is 0. The Hall–Kier alpha value is -0.0400. The van der Waals surface area contributed by atoms with Crippen LogP contribution < -0.4 is 0 Å². The molecule has 0 bridgehead atoms. The van der Waals surface area contributed by atoms with Gasteiger partial charge in [-0.2, -0.15) is 0 Å². The summed E-state index contributed by atoms with van der Waals surface area (Å²) in [4.78, 5) is 2.58. The maximum Gasteiger partial charge on any atom is -0.00162 e. The Kier molecular flexibility index (Phi) is 15.2. The van der Waals surface area contributed by atoms with E-state index in [1.54, 1.807) is 0 Å². The van der Waals surface area contributed by atoms with Gasteiger partial charge in [0.2, 0.25) is 0 Å². The van der Waals surface area contributed by atoms with Crippen LogP contribution in [0.1, 0.15) is 60.8 Å². The second-order valence-electron chi connectivity index (χ2n) is 3.52. The minimum Gasteiger partial charge on any atom is -0.303 e. The van der Waals surface area contributed by atoms with E-state index in [1.807, 2.05) is 27.7 Å². The predicted molar refractivity (Wildman–Crippen MR) is 67.8 cm³/mol. The molecule has 1 aliphatic rings. The summed E-state index contributed by atoms with van der Waals surface area (Å²) >= 11 is 0. The summed E-state index contributed by atoms with van der Waals surface area (Å²) in [5, 5.41) is 0. The largest absolute Gasteiger partial charge is 0.303 e. The molecule has 1 heteroatoms. The van der Waals surface area contributed by atoms with E-state index < -0.39 is 0 Å². The summed E-state index contributed by atoms with van der Waals surface area (Å²) in [6, 6.07) is 0. The van der Waals surface area contributed by atoms with Gasteiger partial charge in [-0.05, 0) is 44.8 Å². The van der Waals surface area contributed by atoms with Crippen LogP contribution in [0.5, 0.6) is 0 Å². The first kappa shape index (κ1) is 16.4. The van der Waals surface area contributed by atoms with Crippen molar-refractivity contribution in [3.8, 4) is 0 Å². The number of piperidine rings is 1. The van der Waals surface area contributed by atoms with Crippen molar-refractivity contribution in [2.45, 2.75) is 60.8 Å². The molecule has 14 heavy (non-hydrogen) atoms. The third-order valence-corrected chi connectivity index (χ3v) is 2.42. The Morgan fingerprint density at radius 1 is 1.00 bits per heavy atom. The van der Waals surface area contributed by atoms with Gasteiger partial charge in [-0.1, -0.05) is 41.5 Å². The highest BCUT2D eigenvalue weighted by atomic mass is 15.1. The summed E-state index contributed by atoms with van der Waals surface area (Å²) in [5.41, 5.74) is 0. The van der Waals surface area contributed by atoms with E-state index in [1.165, 1.54) is 38.9 Å². The minimum atomic E-state index is 0.980. The summed E-state index contributed by atoms with van der Waals surface area (Å²) in [7, 11) is 0. The van der Waals surface area contributed by atoms with Gasteiger partial charge < -0.3 is 4.90 Å². The minimum absolute atomic E-state index is 0.980. The van der Waals surface area contributed by atoms with E-state index in [0.717, 1.165) is 5.92 Å². The Balaban J connectivity index is 0. The zero-order valence-corrected chi connectivity index (χ0v) is 11.3. The van der Waals surface area contributed by atoms with Gasteiger partial charge in [0, 0.05) is 0 Å². The van der Waals surface area contributed by atoms with Crippen LogP contribution in [0.15, 0.2) is 0 Å². The number of nitrogens with zero attached hydrogens (tertiary/aromatic N) is 1. The van der Waals surface area contributed by atoms with Crippen LogP contribution in [-0.2, 0) is 0 Å². The molecule has 1 nitrogen and oxygen atoms in total. The molecule has 0 spiro atoms. The van der Waals surface area contributed by atoms with E-state index in [2.05, 4.69) is 18.7 Å². The molecule has 0 saturated carbocycles. The molecule has 0 aromatic carbocycles. The summed E-state index contributed by atoms with van der Waals surface area (Å²) < 4.78 is 0. The third-order valence-electron chi connectivity index (χ3n) is 2.42. The van der Waals surface area contributed by atoms with Crippen LogP contribution in [-0.4, -0.2) is 24.5 Å². The highest BCUT2D eigenvalue weighted by Crippen LogP contribution is 2.15. The van der Waals surface area contributed by atoms with Crippen LogP contribution >= 0.6 is 0 Å². The van der Waals surface area contributed by atoms with Crippen LogP contribution in [0.25, 0.3) is 0 Å². The normalized spacial score (nSPS) is 17.6. The lowest BCUT2D eigenvalue weighted by Crippen LogP contribution is -2.33. The van der Waals surface area contributed by atoms with E-state index >= 15 is 0 Å². The first-order valence-electron chi connectivity index (χ1n) is 6.55. The Bertz CT molecular complexity index is 83.2. The monoisotopic (exact) mass is 201 g/mol. The fourth-order valence-corrected chi connectivity index (χ4v) is 1.60. The molecule has 0 aromatic heterocycles. The first-order valence-corrected chi connectivity index (χ1v) is 6.55. The first-order chi connectivity index (χ1) is 6.83. The molecule has 0 aliphatic carbocycles. The van der Waals surface area contributed by atoms with Crippen molar-refractivity contribution in [3.05, 3.63) is 0 Å². The molecule has 0 atom stereocenters. The average molecular weight is 201 g/mol. The van der Waals surface area contributed by atoms with Gasteiger partial charge in [0.15, 0.2) is 0 Å². The molecule has 1 fully saturated rings. The predicted octanol–water partition coefficient (Wildman–Crippen LogP) is 4.18. The van der Waals surface area contributed by atoms with Gasteiger partial charge in [0.25, 0.3) is 0 Å². The molecule has 0 radical (unpaired) electrons. The lowest BCUT2D eigenvalue weighted by atomic mass is 9.99. The Labute approximate surface area is 91.9 Å². The van der Waals surface area contributed by atoms with Crippen molar-refractivity contribution < 1.29 is 0 Å². The Morgan fingerprint density at radius 3 is 1.79 bits per heavy atom. The van der Waals surface area contributed by atoms with Gasteiger partial charge in [-0.25, -0.2) is 0 Å². The van der Waals surface area contributed by atoms with Crippen molar-refractivity contribution in [2.75, 3.05) is 19.6 Å². The smallest absolute Gasteiger partial charge is 0.00162 e. The lowest BCUT2D eigenvalue weighted by Gasteiger charge is -2.29. The quantitative estimate of drug-likeness (QED) is 0.648. The molecular formula is C13H31N. The van der Waals surface area contributed by atoms with Crippen molar-refractivity contribution in [2.24, 2.45) is 5.92 Å². The molecule has 1 saturated heterocycles. The molecule has 0 aromatic rings. The van der Waals surface area contributed by atoms with Crippen molar-refractivity contribution >= 4 is 0 Å². The maximum atomic E-state index is 2.58. The molecule has 1 heterocycles. The second-order valence-corrected chi connectivity index (χ2v) is 3.52. The fraction of sp³-hybridized carbons (Fsp3) is 1.00. The number of rotatable bonds is 2. The average Bonchev–Trinajstić information content (AvgIpc) is 2.28. The van der Waals surface area contributed by atoms with Crippen LogP contribution in [0.3, 0.4) is 0 Å². The standard InChI is InChI=1S/C9H19N.2C2H6/c1-3-6-10-7-4-9(2)5-8-10;2*1-2/h9H,3-8H2,1-2H3;2*1-2H3. The maximum absolute atomic E-state index is 2.58. The van der Waals surface area contributed by atoms with E-state index in [4.69, 9.17) is 0 Å². The molecule has 1 aliphatic heterocycles. The SMILES string of the molecule is CC.CC.CCCN1CCC(C)CC1. The summed E-state index contributed by atoms with van der Waals surface area (Å²) in [6.07, 6.45) is 4.15. The van der Waals surface area contributed by atoms with E-state index in [-0.39, 0.29) is 0 Å². The molecular weight excluding hydrogens is 170 g/mol. The molecule has 0 amide bonds. The molecule has 1 rings (SSSR count). The molecule has 0 unspecified atom stereocenters. The second kappa shape index (κ2) is 13.0. The fourth-order valence-electron chi connectivity index (χ4n) is 1.60. The summed E-state index contributed by atoms with van der Waals surface area (Å²) in [5.74, 6) is 0.980. The number of likely N-dealkylation sites (tertiary alicyclic amines) is 1. The van der Waals surface area contributed by atoms with Crippen molar-refractivity contribution in [3.63, 3.8) is 0 Å². The van der Waals surface area contributed by atoms with E-state index in [9.17, 15) is 0 Å². The van der Waals surface area contributed by atoms with Crippen LogP contribution in [0.2, 0.25) is 0 Å². The van der Waals surface area contributed by atoms with Crippen molar-refractivity contribution in [1.82, 2.24) is 4.90 Å². The topological polar surface area (TPSA) is 3.24 Å². The highest BCUT2D eigenvalue weighted by Gasteiger charge is 2.13. The van der Waals surface area contributed by atoms with Crippen LogP contribution in [0, 0.1) is 5.92 Å². The van der Waals surface area contributed by atoms with Gasteiger partial charge in [-0.3, -0.25) is 0 Å². The lowest BCUT2D eigenvalue weighted by molar-refractivity contribution is 0.193. The van der Waals surface area contributed by atoms with Gasteiger partial charge in [0.1, 0.15) is 0 Å². The van der Waals surface area contributed by atoms with Gasteiger partial charge in [0.05, 0.1) is 0 Å². The summed E-state index contributed by atoms with van der Waals surface area (Å²) in [6.45, 7) is 16.6. The zero-order valence-electron chi connectivity index (χ0n) is 11.3. The van der Waals surface area contributed by atoms with Crippen molar-refractivity contribution in [1.29, 1.82) is 0 Å². The van der Waals surface area contributed by atoms with Crippen LogP contribution in [0.4, 0.5) is 0 Å². The molecule has 0 N–H and O–H groups in total. The number of hydrogen-bond acceptors (Lipinski definition) is 1. The zero-order chi connectivity index (χ0) is 11.4. The highest BCUT2D eigenvalue weighted by molar-refractivity contribution is 4.68. The van der Waals surface area contributed by atoms with Gasteiger partial charge in [-0.15, -0.1) is 0 Å². The molecule has 88 valence electrons. The van der Waals surface area contributed by atoms with E-state index in [0.29, 0.717) is 0 Å².